The van der Waals surface area contributed by atoms with Crippen molar-refractivity contribution in [2.24, 2.45) is 0 Å². The summed E-state index contributed by atoms with van der Waals surface area (Å²) in [7, 11) is 1.47. The van der Waals surface area contributed by atoms with Crippen molar-refractivity contribution in [3.05, 3.63) is 84.4 Å². The number of para-hydroxylation sites is 1. The van der Waals surface area contributed by atoms with E-state index in [9.17, 15) is 14.7 Å². The Morgan fingerprint density at radius 1 is 1.07 bits per heavy atom. The van der Waals surface area contributed by atoms with E-state index in [-0.39, 0.29) is 17.9 Å². The van der Waals surface area contributed by atoms with Crippen LogP contribution in [-0.2, 0) is 0 Å². The molecule has 0 bridgehead atoms. The van der Waals surface area contributed by atoms with Crippen LogP contribution < -0.4 is 4.74 Å². The van der Waals surface area contributed by atoms with Gasteiger partial charge in [0.25, 0.3) is 0 Å². The van der Waals surface area contributed by atoms with E-state index in [1.54, 1.807) is 73.3 Å². The van der Waals surface area contributed by atoms with Gasteiger partial charge in [0.1, 0.15) is 11.9 Å². The van der Waals surface area contributed by atoms with Gasteiger partial charge in [0.15, 0.2) is 5.78 Å². The number of nitrogens with zero attached hydrogens (tertiary/aromatic N) is 2. The minimum absolute atomic E-state index is 0.0270. The van der Waals surface area contributed by atoms with E-state index in [1.165, 1.54) is 11.7 Å². The predicted molar refractivity (Wildman–Crippen MR) is 100.0 cm³/mol. The molecule has 138 valence electrons. The Balaban J connectivity index is 1.92. The molecule has 2 heterocycles. The number of benzene rings is 1. The molecule has 1 N–H and O–H groups in total. The Hall–Kier alpha value is -3.25. The summed E-state index contributed by atoms with van der Waals surface area (Å²) in [6.45, 7) is 0. The van der Waals surface area contributed by atoms with Crippen LogP contribution in [0.1, 0.15) is 33.1 Å². The van der Waals surface area contributed by atoms with Crippen molar-refractivity contribution < 1.29 is 19.4 Å². The highest BCUT2D eigenvalue weighted by atomic mass is 16.5. The van der Waals surface area contributed by atoms with Crippen LogP contribution in [0.3, 0.4) is 0 Å². The second-order valence-electron chi connectivity index (χ2n) is 6.08. The Labute approximate surface area is 157 Å². The zero-order chi connectivity index (χ0) is 19.2. The maximum Gasteiger partial charge on any atom is 0.231 e. The summed E-state index contributed by atoms with van der Waals surface area (Å²) >= 11 is 0. The molecule has 0 saturated carbocycles. The molecule has 0 saturated heterocycles. The number of carbonyl (C=O) groups excluding carboxylic acids is 2. The average Bonchev–Trinajstić information content (AvgIpc) is 3.26. The number of carbonyl (C=O) groups is 2. The van der Waals surface area contributed by atoms with Crippen LogP contribution in [0.2, 0.25) is 0 Å². The molecule has 6 heteroatoms. The van der Waals surface area contributed by atoms with Gasteiger partial charge in [-0.1, -0.05) is 12.1 Å². The minimum Gasteiger partial charge on any atom is -0.496 e. The number of rotatable bonds is 7. The van der Waals surface area contributed by atoms with Crippen LogP contribution in [0.15, 0.2) is 73.3 Å². The van der Waals surface area contributed by atoms with E-state index in [0.717, 1.165) is 0 Å². The zero-order valence-electron chi connectivity index (χ0n) is 14.9. The molecule has 0 unspecified atom stereocenters. The number of Topliss-reactive ketones (excluding diaryl/α,β-unsaturated/α-hetero) is 1. The number of aliphatic hydroxyl groups is 1. The van der Waals surface area contributed by atoms with Gasteiger partial charge in [-0.3, -0.25) is 19.1 Å². The molecule has 0 aliphatic heterocycles. The molecule has 0 radical (unpaired) electrons. The van der Waals surface area contributed by atoms with Crippen LogP contribution in [0.4, 0.5) is 0 Å². The lowest BCUT2D eigenvalue weighted by molar-refractivity contribution is 0.0650. The van der Waals surface area contributed by atoms with Crippen molar-refractivity contribution in [3.8, 4) is 5.75 Å². The molecule has 2 atom stereocenters. The smallest absolute Gasteiger partial charge is 0.231 e. The summed E-state index contributed by atoms with van der Waals surface area (Å²) in [5.41, 5.74) is 0.946. The maximum absolute atomic E-state index is 12.9. The predicted octanol–water partition coefficient (Wildman–Crippen LogP) is 2.95. The molecule has 2 aromatic heterocycles. The lowest BCUT2D eigenvalue weighted by Crippen LogP contribution is -2.31. The third-order valence-electron chi connectivity index (χ3n) is 4.44. The number of ketones is 1. The van der Waals surface area contributed by atoms with Gasteiger partial charge in [0.05, 0.1) is 12.7 Å². The lowest BCUT2D eigenvalue weighted by Gasteiger charge is -2.22. The molecular formula is C21H20N2O4. The second-order valence-corrected chi connectivity index (χ2v) is 6.08. The van der Waals surface area contributed by atoms with Crippen molar-refractivity contribution >= 4 is 11.7 Å². The van der Waals surface area contributed by atoms with Crippen LogP contribution >= 0.6 is 0 Å². The van der Waals surface area contributed by atoms with E-state index in [4.69, 9.17) is 4.74 Å². The molecule has 3 rings (SSSR count). The molecule has 0 amide bonds. The third-order valence-corrected chi connectivity index (χ3v) is 4.44. The van der Waals surface area contributed by atoms with Crippen LogP contribution in [0.5, 0.6) is 5.75 Å². The zero-order valence-corrected chi connectivity index (χ0v) is 14.9. The maximum atomic E-state index is 12.9. The minimum atomic E-state index is -1.40. The highest BCUT2D eigenvalue weighted by Gasteiger charge is 2.32. The molecule has 0 fully saturated rings. The van der Waals surface area contributed by atoms with E-state index in [2.05, 4.69) is 4.98 Å². The Morgan fingerprint density at radius 3 is 2.41 bits per heavy atom. The summed E-state index contributed by atoms with van der Waals surface area (Å²) in [5.74, 6) is -1.03. The summed E-state index contributed by atoms with van der Waals surface area (Å²) in [6, 6.07) is 13.6. The highest BCUT2D eigenvalue weighted by Crippen LogP contribution is 2.29. The van der Waals surface area contributed by atoms with Gasteiger partial charge in [-0.15, -0.1) is 0 Å². The summed E-state index contributed by atoms with van der Waals surface area (Å²) in [6.07, 6.45) is 5.00. The molecule has 1 aromatic carbocycles. The van der Waals surface area contributed by atoms with Gasteiger partial charge in [-0.25, -0.2) is 0 Å². The van der Waals surface area contributed by atoms with E-state index in [0.29, 0.717) is 11.3 Å². The first kappa shape index (κ1) is 18.5. The van der Waals surface area contributed by atoms with Crippen LogP contribution in [0.25, 0.3) is 0 Å². The third kappa shape index (κ3) is 4.12. The molecule has 0 aliphatic carbocycles. The van der Waals surface area contributed by atoms with Gasteiger partial charge in [0, 0.05) is 37.1 Å². The van der Waals surface area contributed by atoms with Crippen molar-refractivity contribution in [2.75, 3.05) is 7.11 Å². The van der Waals surface area contributed by atoms with Crippen LogP contribution in [0, 0.1) is 0 Å². The fourth-order valence-electron chi connectivity index (χ4n) is 3.01. The molecule has 0 aliphatic rings. The normalized spacial score (nSPS) is 13.0. The largest absolute Gasteiger partial charge is 0.496 e. The SMILES string of the molecule is COc1ccccc1C(=O)[C@H](O)[C@H](CC(=O)n1cccc1)c1ccncc1. The fourth-order valence-corrected chi connectivity index (χ4v) is 3.01. The van der Waals surface area contributed by atoms with Crippen LogP contribution in [-0.4, -0.2) is 39.6 Å². The Morgan fingerprint density at radius 2 is 1.74 bits per heavy atom. The summed E-state index contributed by atoms with van der Waals surface area (Å²) < 4.78 is 6.67. The number of ether oxygens (including phenoxy) is 1. The molecule has 3 aromatic rings. The van der Waals surface area contributed by atoms with Crippen molar-refractivity contribution in [3.63, 3.8) is 0 Å². The number of hydrogen-bond acceptors (Lipinski definition) is 5. The van der Waals surface area contributed by atoms with E-state index < -0.39 is 17.8 Å². The van der Waals surface area contributed by atoms with Crippen molar-refractivity contribution in [1.29, 1.82) is 0 Å². The molecular weight excluding hydrogens is 344 g/mol. The topological polar surface area (TPSA) is 81.4 Å². The monoisotopic (exact) mass is 364 g/mol. The first-order valence-corrected chi connectivity index (χ1v) is 8.53. The van der Waals surface area contributed by atoms with Gasteiger partial charge in [-0.2, -0.15) is 0 Å². The first-order valence-electron chi connectivity index (χ1n) is 8.53. The summed E-state index contributed by atoms with van der Waals surface area (Å²) in [5, 5.41) is 10.9. The van der Waals surface area contributed by atoms with Gasteiger partial charge in [-0.05, 0) is 42.0 Å². The van der Waals surface area contributed by atoms with E-state index in [1.807, 2.05) is 0 Å². The second kappa shape index (κ2) is 8.42. The number of aliphatic hydroxyl groups excluding tert-OH is 1. The van der Waals surface area contributed by atoms with Crippen molar-refractivity contribution in [1.82, 2.24) is 9.55 Å². The van der Waals surface area contributed by atoms with Gasteiger partial charge in [0.2, 0.25) is 5.91 Å². The van der Waals surface area contributed by atoms with Gasteiger partial charge < -0.3 is 9.84 Å². The number of aromatic nitrogens is 2. The molecule has 6 nitrogen and oxygen atoms in total. The molecule has 27 heavy (non-hydrogen) atoms. The van der Waals surface area contributed by atoms with Gasteiger partial charge >= 0.3 is 0 Å². The standard InChI is InChI=1S/C21H20N2O4/c1-27-18-7-3-2-6-16(18)20(25)21(26)17(15-8-10-22-11-9-15)14-19(24)23-12-4-5-13-23/h2-13,17,21,26H,14H2,1H3/t17-,21-/m1/s1. The fraction of sp³-hybridized carbons (Fsp3) is 0.190. The lowest BCUT2D eigenvalue weighted by atomic mass is 9.86. The summed E-state index contributed by atoms with van der Waals surface area (Å²) in [4.78, 5) is 29.5. The quantitative estimate of drug-likeness (QED) is 0.652. The molecule has 0 spiro atoms. The number of hydrogen-bond donors (Lipinski definition) is 1. The average molecular weight is 364 g/mol. The number of methoxy groups -OCH3 is 1. The first-order chi connectivity index (χ1) is 13.1. The number of pyridine rings is 1. The Kier molecular flexibility index (Phi) is 5.78. The van der Waals surface area contributed by atoms with Crippen molar-refractivity contribution in [2.45, 2.75) is 18.4 Å². The Bertz CT molecular complexity index is 907. The highest BCUT2D eigenvalue weighted by molar-refractivity contribution is 6.02. The van der Waals surface area contributed by atoms with E-state index >= 15 is 0 Å².